The maximum absolute atomic E-state index is 12.2. The summed E-state index contributed by atoms with van der Waals surface area (Å²) in [5.41, 5.74) is 2.67. The van der Waals surface area contributed by atoms with Crippen molar-refractivity contribution < 1.29 is 9.59 Å². The van der Waals surface area contributed by atoms with E-state index < -0.39 is 12.1 Å². The molecule has 0 aliphatic rings. The van der Waals surface area contributed by atoms with Gasteiger partial charge < -0.3 is 16.0 Å². The van der Waals surface area contributed by atoms with Gasteiger partial charge in [0.2, 0.25) is 5.91 Å². The fourth-order valence-corrected chi connectivity index (χ4v) is 2.54. The van der Waals surface area contributed by atoms with Crippen LogP contribution in [-0.2, 0) is 11.2 Å². The second kappa shape index (κ2) is 10.2. The standard InChI is InChI=1S/C21H27N3O2/c1-3-4-6-9-17-12-14-19(15-13-17)23-20(25)16(2)22-21(26)24-18-10-7-5-8-11-18/h5,7-8,10-16H,3-4,6,9H2,1-2H3,(H,23,25)(H2,22,24,26). The molecular weight excluding hydrogens is 326 g/mol. The lowest BCUT2D eigenvalue weighted by molar-refractivity contribution is -0.117. The van der Waals surface area contributed by atoms with Gasteiger partial charge in [0.1, 0.15) is 6.04 Å². The lowest BCUT2D eigenvalue weighted by Crippen LogP contribution is -2.43. The largest absolute Gasteiger partial charge is 0.326 e. The molecule has 2 aromatic rings. The monoisotopic (exact) mass is 353 g/mol. The predicted molar refractivity (Wildman–Crippen MR) is 106 cm³/mol. The Balaban J connectivity index is 1.79. The van der Waals surface area contributed by atoms with Crippen LogP contribution in [0.5, 0.6) is 0 Å². The van der Waals surface area contributed by atoms with Gasteiger partial charge in [0.25, 0.3) is 0 Å². The molecule has 138 valence electrons. The smallest absolute Gasteiger partial charge is 0.319 e. The number of carbonyl (C=O) groups is 2. The molecule has 0 aromatic heterocycles. The van der Waals surface area contributed by atoms with Crippen molar-refractivity contribution in [2.45, 2.75) is 45.6 Å². The predicted octanol–water partition coefficient (Wildman–Crippen LogP) is 4.57. The molecule has 1 atom stereocenters. The van der Waals surface area contributed by atoms with E-state index in [4.69, 9.17) is 0 Å². The number of nitrogens with one attached hydrogen (secondary N) is 3. The van der Waals surface area contributed by atoms with Crippen LogP contribution in [0.15, 0.2) is 54.6 Å². The third-order valence-electron chi connectivity index (χ3n) is 4.06. The molecule has 0 aliphatic heterocycles. The van der Waals surface area contributed by atoms with Crippen LogP contribution < -0.4 is 16.0 Å². The summed E-state index contributed by atoms with van der Waals surface area (Å²) in [6.07, 6.45) is 4.67. The van der Waals surface area contributed by atoms with Crippen LogP contribution in [0.2, 0.25) is 0 Å². The fraction of sp³-hybridized carbons (Fsp3) is 0.333. The Morgan fingerprint density at radius 2 is 1.54 bits per heavy atom. The van der Waals surface area contributed by atoms with Crippen molar-refractivity contribution in [3.05, 3.63) is 60.2 Å². The molecule has 0 saturated heterocycles. The highest BCUT2D eigenvalue weighted by atomic mass is 16.2. The van der Waals surface area contributed by atoms with Gasteiger partial charge in [0.15, 0.2) is 0 Å². The van der Waals surface area contributed by atoms with Crippen molar-refractivity contribution in [3.8, 4) is 0 Å². The van der Waals surface area contributed by atoms with E-state index in [1.54, 1.807) is 19.1 Å². The number of hydrogen-bond acceptors (Lipinski definition) is 2. The summed E-state index contributed by atoms with van der Waals surface area (Å²) in [6, 6.07) is 15.9. The SMILES string of the molecule is CCCCCc1ccc(NC(=O)C(C)NC(=O)Nc2ccccc2)cc1. The first-order valence-corrected chi connectivity index (χ1v) is 9.11. The van der Waals surface area contributed by atoms with Crippen LogP contribution in [0.25, 0.3) is 0 Å². The van der Waals surface area contributed by atoms with E-state index >= 15 is 0 Å². The highest BCUT2D eigenvalue weighted by molar-refractivity contribution is 5.98. The molecule has 0 saturated carbocycles. The zero-order valence-electron chi connectivity index (χ0n) is 15.4. The number of rotatable bonds is 8. The van der Waals surface area contributed by atoms with Crippen molar-refractivity contribution in [1.29, 1.82) is 0 Å². The summed E-state index contributed by atoms with van der Waals surface area (Å²) >= 11 is 0. The maximum Gasteiger partial charge on any atom is 0.319 e. The van der Waals surface area contributed by atoms with Crippen LogP contribution in [0.3, 0.4) is 0 Å². The minimum absolute atomic E-state index is 0.257. The van der Waals surface area contributed by atoms with Gasteiger partial charge in [0, 0.05) is 11.4 Å². The molecule has 5 heteroatoms. The third-order valence-corrected chi connectivity index (χ3v) is 4.06. The summed E-state index contributed by atoms with van der Waals surface area (Å²) in [4.78, 5) is 24.2. The first-order valence-electron chi connectivity index (χ1n) is 9.11. The van der Waals surface area contributed by atoms with Crippen molar-refractivity contribution in [2.75, 3.05) is 10.6 Å². The molecule has 2 aromatic carbocycles. The minimum atomic E-state index is -0.650. The van der Waals surface area contributed by atoms with Gasteiger partial charge in [-0.3, -0.25) is 4.79 Å². The molecule has 0 spiro atoms. The van der Waals surface area contributed by atoms with E-state index in [0.717, 1.165) is 12.1 Å². The molecule has 0 bridgehead atoms. The summed E-state index contributed by atoms with van der Waals surface area (Å²) in [7, 11) is 0. The molecule has 5 nitrogen and oxygen atoms in total. The molecule has 0 heterocycles. The Hall–Kier alpha value is -2.82. The van der Waals surface area contributed by atoms with Crippen molar-refractivity contribution in [2.24, 2.45) is 0 Å². The summed E-state index contributed by atoms with van der Waals surface area (Å²) in [5.74, 6) is -0.257. The van der Waals surface area contributed by atoms with Gasteiger partial charge in [0.05, 0.1) is 0 Å². The molecule has 0 aliphatic carbocycles. The van der Waals surface area contributed by atoms with Gasteiger partial charge in [-0.25, -0.2) is 4.79 Å². The molecule has 1 unspecified atom stereocenters. The van der Waals surface area contributed by atoms with Crippen LogP contribution >= 0.6 is 0 Å². The zero-order valence-corrected chi connectivity index (χ0v) is 15.4. The lowest BCUT2D eigenvalue weighted by atomic mass is 10.1. The molecule has 2 rings (SSSR count). The number of hydrogen-bond donors (Lipinski definition) is 3. The number of benzene rings is 2. The van der Waals surface area contributed by atoms with Crippen LogP contribution in [-0.4, -0.2) is 18.0 Å². The van der Waals surface area contributed by atoms with E-state index in [-0.39, 0.29) is 5.91 Å². The molecule has 3 N–H and O–H groups in total. The molecule has 0 fully saturated rings. The number of carbonyl (C=O) groups excluding carboxylic acids is 2. The third kappa shape index (κ3) is 6.59. The van der Waals surface area contributed by atoms with Crippen molar-refractivity contribution in [3.63, 3.8) is 0 Å². The zero-order chi connectivity index (χ0) is 18.8. The van der Waals surface area contributed by atoms with Crippen LogP contribution in [0, 0.1) is 0 Å². The topological polar surface area (TPSA) is 70.2 Å². The van der Waals surface area contributed by atoms with Gasteiger partial charge >= 0.3 is 6.03 Å². The highest BCUT2D eigenvalue weighted by Crippen LogP contribution is 2.13. The first-order chi connectivity index (χ1) is 12.6. The van der Waals surface area contributed by atoms with Crippen LogP contribution in [0.4, 0.5) is 16.2 Å². The van der Waals surface area contributed by atoms with Gasteiger partial charge in [-0.2, -0.15) is 0 Å². The number of urea groups is 1. The van der Waals surface area contributed by atoms with E-state index in [9.17, 15) is 9.59 Å². The normalized spacial score (nSPS) is 11.5. The number of amides is 3. The summed E-state index contributed by atoms with van der Waals surface area (Å²) in [6.45, 7) is 3.84. The second-order valence-corrected chi connectivity index (χ2v) is 6.33. The van der Waals surface area contributed by atoms with Crippen LogP contribution in [0.1, 0.15) is 38.7 Å². The van der Waals surface area contributed by atoms with Gasteiger partial charge in [-0.15, -0.1) is 0 Å². The Bertz CT molecular complexity index is 699. The Labute approximate surface area is 155 Å². The first kappa shape index (κ1) is 19.5. The Kier molecular flexibility index (Phi) is 7.68. The van der Waals surface area contributed by atoms with E-state index in [2.05, 4.69) is 22.9 Å². The average Bonchev–Trinajstić information content (AvgIpc) is 2.64. The molecule has 3 amide bonds. The number of unbranched alkanes of at least 4 members (excludes halogenated alkanes) is 2. The summed E-state index contributed by atoms with van der Waals surface area (Å²) < 4.78 is 0. The van der Waals surface area contributed by atoms with Gasteiger partial charge in [-0.1, -0.05) is 50.1 Å². The lowest BCUT2D eigenvalue weighted by Gasteiger charge is -2.15. The average molecular weight is 353 g/mol. The number of aryl methyl sites for hydroxylation is 1. The highest BCUT2D eigenvalue weighted by Gasteiger charge is 2.15. The molecular formula is C21H27N3O2. The molecule has 0 radical (unpaired) electrons. The summed E-state index contributed by atoms with van der Waals surface area (Å²) in [5, 5.41) is 8.15. The minimum Gasteiger partial charge on any atom is -0.326 e. The number of para-hydroxylation sites is 1. The van der Waals surface area contributed by atoms with E-state index in [1.165, 1.54) is 24.8 Å². The Morgan fingerprint density at radius 1 is 0.885 bits per heavy atom. The molecule has 26 heavy (non-hydrogen) atoms. The van der Waals surface area contributed by atoms with E-state index in [0.29, 0.717) is 5.69 Å². The maximum atomic E-state index is 12.2. The number of anilines is 2. The van der Waals surface area contributed by atoms with Crippen molar-refractivity contribution in [1.82, 2.24) is 5.32 Å². The quantitative estimate of drug-likeness (QED) is 0.609. The second-order valence-electron chi connectivity index (χ2n) is 6.33. The fourth-order valence-electron chi connectivity index (χ4n) is 2.54. The van der Waals surface area contributed by atoms with E-state index in [1.807, 2.05) is 42.5 Å². The van der Waals surface area contributed by atoms with Gasteiger partial charge in [-0.05, 0) is 49.6 Å². The Morgan fingerprint density at radius 3 is 2.19 bits per heavy atom. The van der Waals surface area contributed by atoms with Crippen molar-refractivity contribution >= 4 is 23.3 Å².